The summed E-state index contributed by atoms with van der Waals surface area (Å²) >= 11 is 0. The molecular formula is C19H28N2. The van der Waals surface area contributed by atoms with Crippen molar-refractivity contribution in [3.8, 4) is 0 Å². The van der Waals surface area contributed by atoms with E-state index in [4.69, 9.17) is 0 Å². The SMILES string of the molecule is c1ccc2c(c1)CNC(CN1CCC3CCCCC3C1)C2. The van der Waals surface area contributed by atoms with E-state index in [1.54, 1.807) is 5.56 Å². The van der Waals surface area contributed by atoms with E-state index in [0.29, 0.717) is 6.04 Å². The molecule has 3 atom stereocenters. The lowest BCUT2D eigenvalue weighted by Gasteiger charge is -2.43. The second-order valence-electron chi connectivity index (χ2n) is 7.40. The molecule has 2 heterocycles. The van der Waals surface area contributed by atoms with Crippen molar-refractivity contribution >= 4 is 0 Å². The standard InChI is InChI=1S/C19H28N2/c1-4-8-18-13-21(10-9-15(18)5-1)14-19-11-16-6-2-3-7-17(16)12-20-19/h2-3,6-7,15,18-20H,1,4-5,8-14H2. The molecule has 2 fully saturated rings. The van der Waals surface area contributed by atoms with Crippen molar-refractivity contribution in [2.45, 2.75) is 51.1 Å². The summed E-state index contributed by atoms with van der Waals surface area (Å²) in [6.07, 6.45) is 8.62. The number of rotatable bonds is 2. The molecule has 3 aliphatic rings. The molecule has 1 aliphatic carbocycles. The van der Waals surface area contributed by atoms with Crippen molar-refractivity contribution in [3.63, 3.8) is 0 Å². The van der Waals surface area contributed by atoms with Crippen LogP contribution in [0.2, 0.25) is 0 Å². The van der Waals surface area contributed by atoms with E-state index in [0.717, 1.165) is 18.4 Å². The highest BCUT2D eigenvalue weighted by molar-refractivity contribution is 5.29. The molecule has 2 nitrogen and oxygen atoms in total. The van der Waals surface area contributed by atoms with Crippen molar-refractivity contribution in [3.05, 3.63) is 35.4 Å². The third kappa shape index (κ3) is 3.02. The Morgan fingerprint density at radius 2 is 1.81 bits per heavy atom. The summed E-state index contributed by atoms with van der Waals surface area (Å²) in [5, 5.41) is 3.75. The van der Waals surface area contributed by atoms with Gasteiger partial charge < -0.3 is 10.2 Å². The predicted octanol–water partition coefficient (Wildman–Crippen LogP) is 3.21. The molecule has 1 N–H and O–H groups in total. The molecule has 114 valence electrons. The number of likely N-dealkylation sites (tertiary alicyclic amines) is 1. The molecular weight excluding hydrogens is 256 g/mol. The van der Waals surface area contributed by atoms with Crippen molar-refractivity contribution < 1.29 is 0 Å². The minimum Gasteiger partial charge on any atom is -0.308 e. The van der Waals surface area contributed by atoms with Gasteiger partial charge in [-0.3, -0.25) is 0 Å². The van der Waals surface area contributed by atoms with Crippen LogP contribution in [0.25, 0.3) is 0 Å². The van der Waals surface area contributed by atoms with Gasteiger partial charge in [-0.25, -0.2) is 0 Å². The molecule has 1 saturated heterocycles. The molecule has 0 spiro atoms. The maximum absolute atomic E-state index is 3.75. The topological polar surface area (TPSA) is 15.3 Å². The Bertz CT molecular complexity index is 484. The van der Waals surface area contributed by atoms with Crippen molar-refractivity contribution in [1.82, 2.24) is 10.2 Å². The molecule has 1 aromatic rings. The zero-order valence-corrected chi connectivity index (χ0v) is 13.1. The first-order valence-corrected chi connectivity index (χ1v) is 8.91. The van der Waals surface area contributed by atoms with Gasteiger partial charge in [-0.05, 0) is 48.8 Å². The lowest BCUT2D eigenvalue weighted by atomic mass is 9.75. The average molecular weight is 284 g/mol. The summed E-state index contributed by atoms with van der Waals surface area (Å²) in [4.78, 5) is 2.75. The zero-order chi connectivity index (χ0) is 14.1. The van der Waals surface area contributed by atoms with Gasteiger partial charge >= 0.3 is 0 Å². The normalized spacial score (nSPS) is 33.2. The Hall–Kier alpha value is -0.860. The third-order valence-corrected chi connectivity index (χ3v) is 6.02. The van der Waals surface area contributed by atoms with Crippen LogP contribution >= 0.6 is 0 Å². The Kier molecular flexibility index (Phi) is 4.00. The summed E-state index contributed by atoms with van der Waals surface area (Å²) in [5.41, 5.74) is 3.06. The van der Waals surface area contributed by atoms with Crippen LogP contribution in [0.5, 0.6) is 0 Å². The lowest BCUT2D eigenvalue weighted by molar-refractivity contribution is 0.0790. The van der Waals surface area contributed by atoms with Gasteiger partial charge in [-0.2, -0.15) is 0 Å². The molecule has 0 amide bonds. The van der Waals surface area contributed by atoms with Crippen LogP contribution in [-0.2, 0) is 13.0 Å². The van der Waals surface area contributed by atoms with E-state index < -0.39 is 0 Å². The summed E-state index contributed by atoms with van der Waals surface area (Å²) in [7, 11) is 0. The van der Waals surface area contributed by atoms with Crippen LogP contribution in [0.15, 0.2) is 24.3 Å². The van der Waals surface area contributed by atoms with Gasteiger partial charge in [0.25, 0.3) is 0 Å². The largest absolute Gasteiger partial charge is 0.308 e. The highest BCUT2D eigenvalue weighted by atomic mass is 15.2. The highest BCUT2D eigenvalue weighted by Gasteiger charge is 2.32. The van der Waals surface area contributed by atoms with Crippen LogP contribution < -0.4 is 5.32 Å². The minimum absolute atomic E-state index is 0.653. The smallest absolute Gasteiger partial charge is 0.0238 e. The molecule has 2 aliphatic heterocycles. The first-order valence-electron chi connectivity index (χ1n) is 8.91. The number of fused-ring (bicyclic) bond motifs is 2. The minimum atomic E-state index is 0.653. The first-order chi connectivity index (χ1) is 10.4. The fourth-order valence-corrected chi connectivity index (χ4v) is 4.80. The van der Waals surface area contributed by atoms with Crippen LogP contribution in [-0.4, -0.2) is 30.6 Å². The molecule has 4 rings (SSSR count). The summed E-state index contributed by atoms with van der Waals surface area (Å²) in [6.45, 7) is 5.00. The number of piperidine rings is 1. The summed E-state index contributed by atoms with van der Waals surface area (Å²) < 4.78 is 0. The maximum Gasteiger partial charge on any atom is 0.0238 e. The summed E-state index contributed by atoms with van der Waals surface area (Å²) in [6, 6.07) is 9.59. The molecule has 3 unspecified atom stereocenters. The lowest BCUT2D eigenvalue weighted by Crippen LogP contribution is -2.49. The van der Waals surface area contributed by atoms with E-state index in [9.17, 15) is 0 Å². The fraction of sp³-hybridized carbons (Fsp3) is 0.684. The number of nitrogens with zero attached hydrogens (tertiary/aromatic N) is 1. The predicted molar refractivity (Wildman–Crippen MR) is 87.3 cm³/mol. The Balaban J connectivity index is 1.35. The van der Waals surface area contributed by atoms with Gasteiger partial charge in [0.15, 0.2) is 0 Å². The monoisotopic (exact) mass is 284 g/mol. The van der Waals surface area contributed by atoms with Crippen molar-refractivity contribution in [2.75, 3.05) is 19.6 Å². The number of benzene rings is 1. The quantitative estimate of drug-likeness (QED) is 0.897. The molecule has 1 aromatic carbocycles. The molecule has 21 heavy (non-hydrogen) atoms. The molecule has 0 radical (unpaired) electrons. The van der Waals surface area contributed by atoms with E-state index in [1.807, 2.05) is 0 Å². The van der Waals surface area contributed by atoms with Crippen LogP contribution in [0, 0.1) is 11.8 Å². The van der Waals surface area contributed by atoms with Gasteiger partial charge in [0.1, 0.15) is 0 Å². The molecule has 1 saturated carbocycles. The van der Waals surface area contributed by atoms with Crippen LogP contribution in [0.1, 0.15) is 43.2 Å². The van der Waals surface area contributed by atoms with E-state index in [-0.39, 0.29) is 0 Å². The van der Waals surface area contributed by atoms with Crippen molar-refractivity contribution in [2.24, 2.45) is 11.8 Å². The summed E-state index contributed by atoms with van der Waals surface area (Å²) in [5.74, 6) is 2.05. The fourth-order valence-electron chi connectivity index (χ4n) is 4.80. The van der Waals surface area contributed by atoms with Crippen LogP contribution in [0.3, 0.4) is 0 Å². The Morgan fingerprint density at radius 1 is 1.00 bits per heavy atom. The molecule has 0 aromatic heterocycles. The number of nitrogens with one attached hydrogen (secondary N) is 1. The second-order valence-corrected chi connectivity index (χ2v) is 7.40. The van der Waals surface area contributed by atoms with Gasteiger partial charge in [0, 0.05) is 25.7 Å². The maximum atomic E-state index is 3.75. The third-order valence-electron chi connectivity index (χ3n) is 6.02. The Labute approximate surface area is 128 Å². The van der Waals surface area contributed by atoms with Crippen molar-refractivity contribution in [1.29, 1.82) is 0 Å². The Morgan fingerprint density at radius 3 is 2.71 bits per heavy atom. The average Bonchev–Trinajstić information content (AvgIpc) is 2.55. The second kappa shape index (κ2) is 6.10. The number of hydrogen-bond donors (Lipinski definition) is 1. The van der Waals surface area contributed by atoms with E-state index in [1.165, 1.54) is 63.7 Å². The van der Waals surface area contributed by atoms with Crippen LogP contribution in [0.4, 0.5) is 0 Å². The molecule has 0 bridgehead atoms. The highest BCUT2D eigenvalue weighted by Crippen LogP contribution is 2.36. The van der Waals surface area contributed by atoms with Gasteiger partial charge in [0.2, 0.25) is 0 Å². The zero-order valence-electron chi connectivity index (χ0n) is 13.1. The van der Waals surface area contributed by atoms with Gasteiger partial charge in [-0.15, -0.1) is 0 Å². The van der Waals surface area contributed by atoms with E-state index in [2.05, 4.69) is 34.5 Å². The van der Waals surface area contributed by atoms with E-state index >= 15 is 0 Å². The van der Waals surface area contributed by atoms with Gasteiger partial charge in [0.05, 0.1) is 0 Å². The molecule has 2 heteroatoms. The first kappa shape index (κ1) is 13.8. The van der Waals surface area contributed by atoms with Gasteiger partial charge in [-0.1, -0.05) is 43.5 Å². The number of hydrogen-bond acceptors (Lipinski definition) is 2.